The van der Waals surface area contributed by atoms with Crippen LogP contribution in [-0.4, -0.2) is 37.2 Å². The van der Waals surface area contributed by atoms with Gasteiger partial charge < -0.3 is 14.2 Å². The zero-order valence-corrected chi connectivity index (χ0v) is 51.9. The number of ether oxygens (including phenoxy) is 3. The molecule has 0 aromatic rings. The molecule has 0 heterocycles. The number of unbranched alkanes of at least 4 members (excludes halogenated alkanes) is 31. The minimum Gasteiger partial charge on any atom is -0.462 e. The molecule has 452 valence electrons. The lowest BCUT2D eigenvalue weighted by molar-refractivity contribution is -0.167. The van der Waals surface area contributed by atoms with E-state index < -0.39 is 6.10 Å². The fraction of sp³-hybridized carbons (Fsp3) is 0.712. The Bertz CT molecular complexity index is 1590. The van der Waals surface area contributed by atoms with Crippen LogP contribution in [0.4, 0.5) is 0 Å². The third kappa shape index (κ3) is 64.8. The van der Waals surface area contributed by atoms with Crippen molar-refractivity contribution in [1.29, 1.82) is 0 Å². The van der Waals surface area contributed by atoms with E-state index in [1.807, 2.05) is 0 Å². The molecule has 6 nitrogen and oxygen atoms in total. The summed E-state index contributed by atoms with van der Waals surface area (Å²) in [7, 11) is 0. The first-order chi connectivity index (χ1) is 39.0. The maximum atomic E-state index is 12.9. The van der Waals surface area contributed by atoms with E-state index in [1.165, 1.54) is 154 Å². The van der Waals surface area contributed by atoms with Crippen LogP contribution in [0, 0.1) is 0 Å². The monoisotopic (exact) mass is 1100 g/mol. The lowest BCUT2D eigenvalue weighted by Gasteiger charge is -2.18. The molecule has 79 heavy (non-hydrogen) atoms. The van der Waals surface area contributed by atoms with Gasteiger partial charge in [0.1, 0.15) is 13.2 Å². The van der Waals surface area contributed by atoms with E-state index in [4.69, 9.17) is 14.2 Å². The maximum absolute atomic E-state index is 12.9. The number of hydrogen-bond acceptors (Lipinski definition) is 6. The highest BCUT2D eigenvalue weighted by Gasteiger charge is 2.19. The molecular weight excluding hydrogens is 973 g/mol. The van der Waals surface area contributed by atoms with Crippen LogP contribution in [0.25, 0.3) is 0 Å². The van der Waals surface area contributed by atoms with Crippen molar-refractivity contribution in [2.24, 2.45) is 0 Å². The number of hydrogen-bond donors (Lipinski definition) is 0. The molecule has 0 rings (SSSR count). The highest BCUT2D eigenvalue weighted by Crippen LogP contribution is 2.17. The van der Waals surface area contributed by atoms with Crippen molar-refractivity contribution in [1.82, 2.24) is 0 Å². The van der Waals surface area contributed by atoms with Crippen LogP contribution in [0.2, 0.25) is 0 Å². The van der Waals surface area contributed by atoms with Crippen LogP contribution >= 0.6 is 0 Å². The summed E-state index contributed by atoms with van der Waals surface area (Å²) < 4.78 is 16.9. The van der Waals surface area contributed by atoms with Gasteiger partial charge in [-0.2, -0.15) is 0 Å². The average molecular weight is 1100 g/mol. The van der Waals surface area contributed by atoms with Crippen LogP contribution in [-0.2, 0) is 28.6 Å². The Kier molecular flexibility index (Phi) is 63.3. The summed E-state index contributed by atoms with van der Waals surface area (Å²) in [6.45, 7) is 6.41. The van der Waals surface area contributed by atoms with Crippen molar-refractivity contribution in [2.45, 2.75) is 322 Å². The van der Waals surface area contributed by atoms with Crippen molar-refractivity contribution in [3.8, 4) is 0 Å². The molecule has 0 aliphatic rings. The van der Waals surface area contributed by atoms with Gasteiger partial charge in [-0.05, 0) is 103 Å². The molecule has 0 spiro atoms. The molecule has 0 fully saturated rings. The second-order valence-corrected chi connectivity index (χ2v) is 22.0. The van der Waals surface area contributed by atoms with Gasteiger partial charge in [0.2, 0.25) is 0 Å². The van der Waals surface area contributed by atoms with Crippen LogP contribution in [0.5, 0.6) is 0 Å². The Hall–Kier alpha value is -3.93. The highest BCUT2D eigenvalue weighted by atomic mass is 16.6. The lowest BCUT2D eigenvalue weighted by atomic mass is 10.0. The number of rotatable bonds is 60. The Morgan fingerprint density at radius 3 is 0.772 bits per heavy atom. The van der Waals surface area contributed by atoms with Crippen LogP contribution in [0.15, 0.2) is 109 Å². The normalized spacial score (nSPS) is 12.8. The zero-order chi connectivity index (χ0) is 57.1. The zero-order valence-electron chi connectivity index (χ0n) is 51.9. The molecule has 0 aromatic carbocycles. The first-order valence-corrected chi connectivity index (χ1v) is 33.4. The highest BCUT2D eigenvalue weighted by molar-refractivity contribution is 5.71. The molecule has 6 heteroatoms. The summed E-state index contributed by atoms with van der Waals surface area (Å²) in [5.41, 5.74) is 0. The van der Waals surface area contributed by atoms with Gasteiger partial charge in [-0.3, -0.25) is 14.4 Å². The number of esters is 3. The van der Waals surface area contributed by atoms with Gasteiger partial charge in [-0.15, -0.1) is 0 Å². The SMILES string of the molecule is CC/C=C\C/C=C\C/C=C\C/C=C\C/C=C\CCCCCCCCCCCCCCCCCC(=O)OCC(COC(=O)CCCCCCCCCCC)OC(=O)CCCCCCCCCC/C=C\C/C=C\C/C=C\C/C=C\CC. The standard InChI is InChI=1S/C73H124O6/c1-4-7-10-13-16-19-21-23-25-27-29-31-32-33-34-35-36-37-38-39-40-42-43-45-47-49-51-54-57-60-63-66-72(75)78-69-70(68-77-71(74)65-62-59-56-53-18-15-12-9-6-3)79-73(76)67-64-61-58-55-52-50-48-46-44-41-30-28-26-24-22-20-17-14-11-8-5-2/h7-8,10-11,16-17,19-20,23-26,29-31,33-34,41,70H,4-6,9,12-15,18,21-22,27-28,32,35-40,42-69H2,1-3H3/b10-7-,11-8-,19-16-,20-17-,25-23-,26-24-,31-29-,34-33-,41-30-. The largest absolute Gasteiger partial charge is 0.462 e. The third-order valence-electron chi connectivity index (χ3n) is 14.3. The van der Waals surface area contributed by atoms with Crippen molar-refractivity contribution in [3.63, 3.8) is 0 Å². The summed E-state index contributed by atoms with van der Waals surface area (Å²) >= 11 is 0. The number of allylic oxidation sites excluding steroid dienone is 18. The molecule has 0 N–H and O–H groups in total. The topological polar surface area (TPSA) is 78.9 Å². The van der Waals surface area contributed by atoms with Crippen LogP contribution in [0.1, 0.15) is 316 Å². The van der Waals surface area contributed by atoms with Gasteiger partial charge in [0.25, 0.3) is 0 Å². The summed E-state index contributed by atoms with van der Waals surface area (Å²) in [5.74, 6) is -0.879. The second-order valence-electron chi connectivity index (χ2n) is 22.0. The van der Waals surface area contributed by atoms with Crippen molar-refractivity contribution >= 4 is 17.9 Å². The molecular formula is C73H124O6. The number of carbonyl (C=O) groups is 3. The van der Waals surface area contributed by atoms with E-state index in [9.17, 15) is 14.4 Å². The van der Waals surface area contributed by atoms with E-state index in [1.54, 1.807) is 0 Å². The van der Waals surface area contributed by atoms with Gasteiger partial charge in [0.15, 0.2) is 6.10 Å². The molecule has 1 unspecified atom stereocenters. The Morgan fingerprint density at radius 2 is 0.494 bits per heavy atom. The molecule has 0 aliphatic heterocycles. The van der Waals surface area contributed by atoms with Gasteiger partial charge in [0.05, 0.1) is 0 Å². The fourth-order valence-electron chi connectivity index (χ4n) is 9.35. The molecule has 0 bridgehead atoms. The van der Waals surface area contributed by atoms with E-state index in [0.29, 0.717) is 19.3 Å². The first kappa shape index (κ1) is 75.1. The summed E-state index contributed by atoms with van der Waals surface area (Å²) in [6, 6.07) is 0. The van der Waals surface area contributed by atoms with E-state index >= 15 is 0 Å². The Labute approximate surface area is 489 Å². The number of carbonyl (C=O) groups excluding carboxylic acids is 3. The molecule has 0 saturated carbocycles. The van der Waals surface area contributed by atoms with Crippen molar-refractivity contribution in [3.05, 3.63) is 109 Å². The minimum atomic E-state index is -0.781. The maximum Gasteiger partial charge on any atom is 0.306 e. The molecule has 1 atom stereocenters. The van der Waals surface area contributed by atoms with E-state index in [-0.39, 0.29) is 31.1 Å². The van der Waals surface area contributed by atoms with Crippen LogP contribution < -0.4 is 0 Å². The first-order valence-electron chi connectivity index (χ1n) is 33.4. The van der Waals surface area contributed by atoms with Gasteiger partial charge in [-0.25, -0.2) is 0 Å². The summed E-state index contributed by atoms with van der Waals surface area (Å²) in [6.07, 6.45) is 91.2. The summed E-state index contributed by atoms with van der Waals surface area (Å²) in [4.78, 5) is 38.2. The van der Waals surface area contributed by atoms with E-state index in [0.717, 1.165) is 122 Å². The summed E-state index contributed by atoms with van der Waals surface area (Å²) in [5, 5.41) is 0. The Morgan fingerprint density at radius 1 is 0.266 bits per heavy atom. The van der Waals surface area contributed by atoms with E-state index in [2.05, 4.69) is 130 Å². The average Bonchev–Trinajstić information content (AvgIpc) is 3.45. The molecule has 0 aliphatic carbocycles. The second kappa shape index (κ2) is 66.6. The smallest absolute Gasteiger partial charge is 0.306 e. The van der Waals surface area contributed by atoms with Gasteiger partial charge in [0, 0.05) is 19.3 Å². The predicted molar refractivity (Wildman–Crippen MR) is 343 cm³/mol. The quantitative estimate of drug-likeness (QED) is 0.0261. The lowest BCUT2D eigenvalue weighted by Crippen LogP contribution is -2.30. The molecule has 0 aromatic heterocycles. The molecule has 0 amide bonds. The van der Waals surface area contributed by atoms with Gasteiger partial charge in [-0.1, -0.05) is 304 Å². The predicted octanol–water partition coefficient (Wildman–Crippen LogP) is 23.0. The third-order valence-corrected chi connectivity index (χ3v) is 14.3. The molecule has 0 saturated heterocycles. The van der Waals surface area contributed by atoms with Crippen LogP contribution in [0.3, 0.4) is 0 Å². The molecule has 0 radical (unpaired) electrons. The van der Waals surface area contributed by atoms with Gasteiger partial charge >= 0.3 is 17.9 Å². The Balaban J connectivity index is 4.16. The fourth-order valence-corrected chi connectivity index (χ4v) is 9.35. The minimum absolute atomic E-state index is 0.0783. The van der Waals surface area contributed by atoms with Crippen molar-refractivity contribution < 1.29 is 28.6 Å². The van der Waals surface area contributed by atoms with Crippen molar-refractivity contribution in [2.75, 3.05) is 13.2 Å².